The topological polar surface area (TPSA) is 54.3 Å². The second-order valence-electron chi connectivity index (χ2n) is 4.68. The molecule has 5 heteroatoms. The number of nitrogens with one attached hydrogen (secondary N) is 1. The van der Waals surface area contributed by atoms with Gasteiger partial charge in [0.05, 0.1) is 6.07 Å². The van der Waals surface area contributed by atoms with Crippen LogP contribution >= 0.6 is 0 Å². The number of halogens is 1. The van der Waals surface area contributed by atoms with Gasteiger partial charge >= 0.3 is 0 Å². The van der Waals surface area contributed by atoms with E-state index in [2.05, 4.69) is 11.4 Å². The van der Waals surface area contributed by atoms with Crippen molar-refractivity contribution in [1.82, 2.24) is 5.32 Å². The molecule has 3 rings (SSSR count). The maximum absolute atomic E-state index is 12.8. The molecule has 0 bridgehead atoms. The fourth-order valence-electron chi connectivity index (χ4n) is 2.15. The third-order valence-electron chi connectivity index (χ3n) is 3.28. The van der Waals surface area contributed by atoms with E-state index < -0.39 is 6.04 Å². The van der Waals surface area contributed by atoms with Gasteiger partial charge in [-0.3, -0.25) is 5.32 Å². The molecule has 0 aromatic heterocycles. The van der Waals surface area contributed by atoms with Gasteiger partial charge in [0.25, 0.3) is 0 Å². The summed E-state index contributed by atoms with van der Waals surface area (Å²) in [5.41, 5.74) is 1.72. The lowest BCUT2D eigenvalue weighted by atomic mass is 10.1. The Labute approximate surface area is 121 Å². The van der Waals surface area contributed by atoms with E-state index in [0.29, 0.717) is 18.0 Å². The largest absolute Gasteiger partial charge is 0.454 e. The van der Waals surface area contributed by atoms with Crippen LogP contribution in [0.4, 0.5) is 4.39 Å². The van der Waals surface area contributed by atoms with E-state index in [0.717, 1.165) is 11.1 Å². The number of nitriles is 1. The van der Waals surface area contributed by atoms with Gasteiger partial charge in [-0.2, -0.15) is 5.26 Å². The first-order valence-electron chi connectivity index (χ1n) is 6.53. The van der Waals surface area contributed by atoms with Crippen molar-refractivity contribution < 1.29 is 13.9 Å². The first kappa shape index (κ1) is 13.4. The van der Waals surface area contributed by atoms with E-state index in [1.165, 1.54) is 12.1 Å². The monoisotopic (exact) mass is 284 g/mol. The molecule has 2 aromatic carbocycles. The molecule has 21 heavy (non-hydrogen) atoms. The number of hydrogen-bond donors (Lipinski definition) is 1. The van der Waals surface area contributed by atoms with E-state index in [9.17, 15) is 9.65 Å². The normalized spacial score (nSPS) is 13.7. The van der Waals surface area contributed by atoms with Crippen LogP contribution in [0, 0.1) is 17.1 Å². The Morgan fingerprint density at radius 2 is 1.90 bits per heavy atom. The smallest absolute Gasteiger partial charge is 0.231 e. The third-order valence-corrected chi connectivity index (χ3v) is 3.28. The molecular weight excluding hydrogens is 271 g/mol. The first-order valence-corrected chi connectivity index (χ1v) is 6.53. The molecule has 1 heterocycles. The van der Waals surface area contributed by atoms with Crippen molar-refractivity contribution in [3.8, 4) is 17.6 Å². The predicted molar refractivity (Wildman–Crippen MR) is 74.2 cm³/mol. The Kier molecular flexibility index (Phi) is 3.71. The summed E-state index contributed by atoms with van der Waals surface area (Å²) >= 11 is 0. The average Bonchev–Trinajstić information content (AvgIpc) is 2.97. The first-order chi connectivity index (χ1) is 10.3. The van der Waals surface area contributed by atoms with Gasteiger partial charge in [0.15, 0.2) is 11.5 Å². The Bertz CT molecular complexity index is 680. The Morgan fingerprint density at radius 3 is 2.67 bits per heavy atom. The van der Waals surface area contributed by atoms with Gasteiger partial charge in [-0.15, -0.1) is 0 Å². The minimum absolute atomic E-state index is 0.207. The van der Waals surface area contributed by atoms with E-state index in [1.54, 1.807) is 24.3 Å². The maximum atomic E-state index is 12.8. The second-order valence-corrected chi connectivity index (χ2v) is 4.68. The quantitative estimate of drug-likeness (QED) is 0.938. The fraction of sp³-hybridized carbons (Fsp3) is 0.188. The molecule has 0 fully saturated rings. The summed E-state index contributed by atoms with van der Waals surface area (Å²) < 4.78 is 23.4. The Hall–Kier alpha value is -2.58. The van der Waals surface area contributed by atoms with E-state index >= 15 is 0 Å². The van der Waals surface area contributed by atoms with Crippen LogP contribution in [0.1, 0.15) is 17.2 Å². The zero-order valence-corrected chi connectivity index (χ0v) is 11.2. The lowest BCUT2D eigenvalue weighted by molar-refractivity contribution is 0.174. The van der Waals surface area contributed by atoms with Gasteiger partial charge in [0.1, 0.15) is 11.9 Å². The molecule has 1 aliphatic heterocycles. The van der Waals surface area contributed by atoms with Crippen molar-refractivity contribution in [2.24, 2.45) is 0 Å². The molecule has 0 saturated heterocycles. The number of ether oxygens (including phenoxy) is 2. The molecule has 1 N–H and O–H groups in total. The summed E-state index contributed by atoms with van der Waals surface area (Å²) in [5, 5.41) is 12.4. The molecular formula is C16H13FN2O2. The summed E-state index contributed by atoms with van der Waals surface area (Å²) in [6.07, 6.45) is 0. The number of nitrogens with zero attached hydrogens (tertiary/aromatic N) is 1. The standard InChI is InChI=1S/C16H13FN2O2/c17-13-4-1-11(2-5-13)9-19-14(8-18)12-3-6-15-16(7-12)21-10-20-15/h1-7,14,19H,9-10H2. The van der Waals surface area contributed by atoms with Gasteiger partial charge in [-0.1, -0.05) is 18.2 Å². The molecule has 0 amide bonds. The van der Waals surface area contributed by atoms with Gasteiger partial charge in [0, 0.05) is 6.54 Å². The zero-order valence-electron chi connectivity index (χ0n) is 11.2. The van der Waals surface area contributed by atoms with Crippen LogP contribution in [-0.2, 0) is 6.54 Å². The summed E-state index contributed by atoms with van der Waals surface area (Å²) in [6.45, 7) is 0.686. The van der Waals surface area contributed by atoms with Crippen LogP contribution in [0.5, 0.6) is 11.5 Å². The Balaban J connectivity index is 1.70. The average molecular weight is 284 g/mol. The van der Waals surface area contributed by atoms with Crippen molar-refractivity contribution in [3.63, 3.8) is 0 Å². The SMILES string of the molecule is N#CC(NCc1ccc(F)cc1)c1ccc2c(c1)OCO2. The molecule has 1 aliphatic rings. The maximum Gasteiger partial charge on any atom is 0.231 e. The van der Waals surface area contributed by atoms with Crippen LogP contribution < -0.4 is 14.8 Å². The van der Waals surface area contributed by atoms with Gasteiger partial charge in [-0.05, 0) is 35.4 Å². The second kappa shape index (κ2) is 5.81. The van der Waals surface area contributed by atoms with Gasteiger partial charge < -0.3 is 9.47 Å². The van der Waals surface area contributed by atoms with E-state index in [4.69, 9.17) is 9.47 Å². The molecule has 106 valence electrons. The Morgan fingerprint density at radius 1 is 1.14 bits per heavy atom. The highest BCUT2D eigenvalue weighted by Gasteiger charge is 2.17. The minimum atomic E-state index is -0.468. The number of rotatable bonds is 4. The molecule has 4 nitrogen and oxygen atoms in total. The summed E-state index contributed by atoms with van der Waals surface area (Å²) in [7, 11) is 0. The molecule has 0 spiro atoms. The highest BCUT2D eigenvalue weighted by atomic mass is 19.1. The highest BCUT2D eigenvalue weighted by molar-refractivity contribution is 5.46. The van der Waals surface area contributed by atoms with Crippen LogP contribution in [-0.4, -0.2) is 6.79 Å². The number of fused-ring (bicyclic) bond motifs is 1. The van der Waals surface area contributed by atoms with Crippen molar-refractivity contribution in [3.05, 3.63) is 59.4 Å². The lowest BCUT2D eigenvalue weighted by Crippen LogP contribution is -2.19. The molecule has 0 saturated carbocycles. The predicted octanol–water partition coefficient (Wildman–Crippen LogP) is 2.91. The number of hydrogen-bond acceptors (Lipinski definition) is 4. The lowest BCUT2D eigenvalue weighted by Gasteiger charge is -2.12. The number of benzene rings is 2. The van der Waals surface area contributed by atoms with Crippen LogP contribution in [0.2, 0.25) is 0 Å². The molecule has 1 unspecified atom stereocenters. The summed E-state index contributed by atoms with van der Waals surface area (Å²) in [4.78, 5) is 0. The molecule has 2 aromatic rings. The zero-order chi connectivity index (χ0) is 14.7. The van der Waals surface area contributed by atoms with Gasteiger partial charge in [0.2, 0.25) is 6.79 Å². The van der Waals surface area contributed by atoms with Gasteiger partial charge in [-0.25, -0.2) is 4.39 Å². The van der Waals surface area contributed by atoms with Crippen LogP contribution in [0.25, 0.3) is 0 Å². The molecule has 1 atom stereocenters. The van der Waals surface area contributed by atoms with Crippen molar-refractivity contribution >= 4 is 0 Å². The highest BCUT2D eigenvalue weighted by Crippen LogP contribution is 2.34. The summed E-state index contributed by atoms with van der Waals surface area (Å²) in [5.74, 6) is 1.07. The minimum Gasteiger partial charge on any atom is -0.454 e. The van der Waals surface area contributed by atoms with E-state index in [1.807, 2.05) is 6.07 Å². The van der Waals surface area contributed by atoms with Crippen molar-refractivity contribution in [1.29, 1.82) is 5.26 Å². The summed E-state index contributed by atoms with van der Waals surface area (Å²) in [6, 6.07) is 13.4. The van der Waals surface area contributed by atoms with Crippen LogP contribution in [0.15, 0.2) is 42.5 Å². The third kappa shape index (κ3) is 2.96. The molecule has 0 aliphatic carbocycles. The van der Waals surface area contributed by atoms with E-state index in [-0.39, 0.29) is 12.6 Å². The fourth-order valence-corrected chi connectivity index (χ4v) is 2.15. The molecule has 0 radical (unpaired) electrons. The van der Waals surface area contributed by atoms with Crippen LogP contribution in [0.3, 0.4) is 0 Å². The van der Waals surface area contributed by atoms with Crippen molar-refractivity contribution in [2.45, 2.75) is 12.6 Å². The van der Waals surface area contributed by atoms with Crippen molar-refractivity contribution in [2.75, 3.05) is 6.79 Å².